The number of anilines is 1. The van der Waals surface area contributed by atoms with Gasteiger partial charge in [-0.25, -0.2) is 0 Å². The van der Waals surface area contributed by atoms with Crippen LogP contribution in [0.2, 0.25) is 0 Å². The zero-order valence-corrected chi connectivity index (χ0v) is 13.1. The highest BCUT2D eigenvalue weighted by Crippen LogP contribution is 2.28. The summed E-state index contributed by atoms with van der Waals surface area (Å²) in [5, 5.41) is 0. The predicted octanol–water partition coefficient (Wildman–Crippen LogP) is 2.58. The molecule has 1 aromatic carbocycles. The van der Waals surface area contributed by atoms with Gasteiger partial charge in [-0.3, -0.25) is 0 Å². The first kappa shape index (κ1) is 17.0. The lowest BCUT2D eigenvalue weighted by Gasteiger charge is -2.33. The van der Waals surface area contributed by atoms with E-state index in [-0.39, 0.29) is 12.1 Å². The van der Waals surface area contributed by atoms with E-state index in [1.165, 1.54) is 11.3 Å². The van der Waals surface area contributed by atoms with Crippen LogP contribution in [0.4, 0.5) is 5.69 Å². The Balaban J connectivity index is 3.05. The Labute approximate surface area is 122 Å². The van der Waals surface area contributed by atoms with E-state index < -0.39 is 0 Å². The van der Waals surface area contributed by atoms with E-state index in [1.807, 2.05) is 6.07 Å². The Kier molecular flexibility index (Phi) is 7.59. The van der Waals surface area contributed by atoms with E-state index in [9.17, 15) is 0 Å². The summed E-state index contributed by atoms with van der Waals surface area (Å²) in [5.41, 5.74) is 8.62. The van der Waals surface area contributed by atoms with Crippen molar-refractivity contribution >= 4 is 5.69 Å². The number of methoxy groups -OCH3 is 2. The van der Waals surface area contributed by atoms with Crippen LogP contribution in [0.15, 0.2) is 24.3 Å². The molecule has 0 radical (unpaired) electrons. The molecule has 4 nitrogen and oxygen atoms in total. The van der Waals surface area contributed by atoms with Gasteiger partial charge in [0.25, 0.3) is 0 Å². The molecule has 0 aromatic heterocycles. The van der Waals surface area contributed by atoms with Gasteiger partial charge in [-0.05, 0) is 25.0 Å². The number of nitrogens with zero attached hydrogens (tertiary/aromatic N) is 1. The van der Waals surface area contributed by atoms with Crippen molar-refractivity contribution in [2.24, 2.45) is 5.73 Å². The molecule has 0 amide bonds. The number of hydrogen-bond donors (Lipinski definition) is 1. The van der Waals surface area contributed by atoms with Gasteiger partial charge in [0.15, 0.2) is 0 Å². The Morgan fingerprint density at radius 3 is 2.50 bits per heavy atom. The Hall–Kier alpha value is -1.10. The van der Waals surface area contributed by atoms with Crippen LogP contribution in [0, 0.1) is 0 Å². The zero-order chi connectivity index (χ0) is 15.0. The molecule has 0 fully saturated rings. The van der Waals surface area contributed by atoms with E-state index in [0.29, 0.717) is 13.2 Å². The SMILES string of the molecule is CC[C@H](N)c1ccccc1N(CCOC)C(C)COC. The number of nitrogens with two attached hydrogens (primary N) is 1. The van der Waals surface area contributed by atoms with Crippen LogP contribution in [0.25, 0.3) is 0 Å². The van der Waals surface area contributed by atoms with E-state index in [2.05, 4.69) is 36.9 Å². The van der Waals surface area contributed by atoms with E-state index in [0.717, 1.165) is 13.0 Å². The minimum atomic E-state index is 0.0611. The predicted molar refractivity (Wildman–Crippen MR) is 84.2 cm³/mol. The minimum absolute atomic E-state index is 0.0611. The van der Waals surface area contributed by atoms with E-state index >= 15 is 0 Å². The highest BCUT2D eigenvalue weighted by molar-refractivity contribution is 5.55. The molecule has 0 heterocycles. The second kappa shape index (κ2) is 8.95. The van der Waals surface area contributed by atoms with Crippen molar-refractivity contribution in [2.75, 3.05) is 38.9 Å². The molecule has 1 aromatic rings. The second-order valence-electron chi connectivity index (χ2n) is 5.06. The minimum Gasteiger partial charge on any atom is -0.383 e. The number of rotatable bonds is 9. The molecule has 2 atom stereocenters. The van der Waals surface area contributed by atoms with Crippen LogP contribution in [0.5, 0.6) is 0 Å². The lowest BCUT2D eigenvalue weighted by atomic mass is 10.0. The van der Waals surface area contributed by atoms with Crippen molar-refractivity contribution < 1.29 is 9.47 Å². The molecule has 0 aliphatic heterocycles. The number of hydrogen-bond acceptors (Lipinski definition) is 4. The maximum atomic E-state index is 6.25. The molecular formula is C16H28N2O2. The molecule has 0 aliphatic rings. The maximum Gasteiger partial charge on any atom is 0.0663 e. The zero-order valence-electron chi connectivity index (χ0n) is 13.1. The fraction of sp³-hybridized carbons (Fsp3) is 0.625. The smallest absolute Gasteiger partial charge is 0.0663 e. The summed E-state index contributed by atoms with van der Waals surface area (Å²) >= 11 is 0. The standard InChI is InChI=1S/C16H28N2O2/c1-5-15(17)14-8-6-7-9-16(14)18(10-11-19-3)13(2)12-20-4/h6-9,13,15H,5,10-12,17H2,1-4H3/t13?,15-/m0/s1. The monoisotopic (exact) mass is 280 g/mol. The molecule has 4 heteroatoms. The fourth-order valence-electron chi connectivity index (χ4n) is 2.38. The van der Waals surface area contributed by atoms with Gasteiger partial charge in [0.2, 0.25) is 0 Å². The Bertz CT molecular complexity index is 384. The molecule has 1 unspecified atom stereocenters. The maximum absolute atomic E-state index is 6.25. The van der Waals surface area contributed by atoms with Gasteiger partial charge in [0.1, 0.15) is 0 Å². The van der Waals surface area contributed by atoms with Gasteiger partial charge >= 0.3 is 0 Å². The number of ether oxygens (including phenoxy) is 2. The number of benzene rings is 1. The third-order valence-corrected chi connectivity index (χ3v) is 3.56. The summed E-state index contributed by atoms with van der Waals surface area (Å²) in [7, 11) is 3.46. The van der Waals surface area contributed by atoms with Crippen LogP contribution in [-0.2, 0) is 9.47 Å². The second-order valence-corrected chi connectivity index (χ2v) is 5.06. The quantitative estimate of drug-likeness (QED) is 0.755. The average Bonchev–Trinajstić information content (AvgIpc) is 2.47. The molecular weight excluding hydrogens is 252 g/mol. The van der Waals surface area contributed by atoms with Crippen LogP contribution in [0.1, 0.15) is 31.9 Å². The average molecular weight is 280 g/mol. The molecule has 0 bridgehead atoms. The van der Waals surface area contributed by atoms with Gasteiger partial charge in [0, 0.05) is 38.5 Å². The molecule has 0 spiro atoms. The van der Waals surface area contributed by atoms with Gasteiger partial charge in [-0.1, -0.05) is 25.1 Å². The van der Waals surface area contributed by atoms with Crippen LogP contribution >= 0.6 is 0 Å². The summed E-state index contributed by atoms with van der Waals surface area (Å²) < 4.78 is 10.5. The van der Waals surface area contributed by atoms with Gasteiger partial charge in [0.05, 0.1) is 13.2 Å². The molecule has 20 heavy (non-hydrogen) atoms. The van der Waals surface area contributed by atoms with E-state index in [1.54, 1.807) is 14.2 Å². The topological polar surface area (TPSA) is 47.7 Å². The molecule has 0 saturated carbocycles. The first-order chi connectivity index (χ1) is 9.65. The lowest BCUT2D eigenvalue weighted by molar-refractivity contribution is 0.171. The summed E-state index contributed by atoms with van der Waals surface area (Å²) in [4.78, 5) is 2.32. The summed E-state index contributed by atoms with van der Waals surface area (Å²) in [5.74, 6) is 0. The highest BCUT2D eigenvalue weighted by atomic mass is 16.5. The van der Waals surface area contributed by atoms with Gasteiger partial charge < -0.3 is 20.1 Å². The Morgan fingerprint density at radius 1 is 1.20 bits per heavy atom. The lowest BCUT2D eigenvalue weighted by Crippen LogP contribution is -2.39. The first-order valence-electron chi connectivity index (χ1n) is 7.24. The van der Waals surface area contributed by atoms with Crippen LogP contribution in [0.3, 0.4) is 0 Å². The van der Waals surface area contributed by atoms with E-state index in [4.69, 9.17) is 15.2 Å². The van der Waals surface area contributed by atoms with Crippen LogP contribution < -0.4 is 10.6 Å². The summed E-state index contributed by atoms with van der Waals surface area (Å²) in [6.07, 6.45) is 0.924. The molecule has 0 saturated heterocycles. The van der Waals surface area contributed by atoms with Gasteiger partial charge in [-0.15, -0.1) is 0 Å². The largest absolute Gasteiger partial charge is 0.383 e. The number of para-hydroxylation sites is 1. The van der Waals surface area contributed by atoms with Crippen molar-refractivity contribution in [1.82, 2.24) is 0 Å². The van der Waals surface area contributed by atoms with Crippen molar-refractivity contribution in [2.45, 2.75) is 32.4 Å². The van der Waals surface area contributed by atoms with Crippen molar-refractivity contribution in [1.29, 1.82) is 0 Å². The normalized spacial score (nSPS) is 14.1. The van der Waals surface area contributed by atoms with Gasteiger partial charge in [-0.2, -0.15) is 0 Å². The summed E-state index contributed by atoms with van der Waals surface area (Å²) in [6.45, 7) is 6.46. The molecule has 2 N–H and O–H groups in total. The summed E-state index contributed by atoms with van der Waals surface area (Å²) in [6, 6.07) is 8.69. The Morgan fingerprint density at radius 2 is 1.90 bits per heavy atom. The van der Waals surface area contributed by atoms with Crippen LogP contribution in [-0.4, -0.2) is 40.0 Å². The molecule has 114 valence electrons. The highest BCUT2D eigenvalue weighted by Gasteiger charge is 2.19. The molecule has 1 rings (SSSR count). The van der Waals surface area contributed by atoms with Crippen molar-refractivity contribution in [3.63, 3.8) is 0 Å². The third-order valence-electron chi connectivity index (χ3n) is 3.56. The third kappa shape index (κ3) is 4.47. The van der Waals surface area contributed by atoms with Crippen molar-refractivity contribution in [3.05, 3.63) is 29.8 Å². The fourth-order valence-corrected chi connectivity index (χ4v) is 2.38. The molecule has 0 aliphatic carbocycles. The first-order valence-corrected chi connectivity index (χ1v) is 7.24. The van der Waals surface area contributed by atoms with Crippen molar-refractivity contribution in [3.8, 4) is 0 Å².